The number of piperazine rings is 1. The van der Waals surface area contributed by atoms with Gasteiger partial charge in [0.25, 0.3) is 11.6 Å². The molecule has 0 bridgehead atoms. The fourth-order valence-corrected chi connectivity index (χ4v) is 3.66. The molecule has 0 saturated carbocycles. The number of nitrogens with zero attached hydrogens (tertiary/aromatic N) is 3. The number of likely N-dealkylation sites (N-methyl/N-ethyl adjacent to an activating group) is 1. The summed E-state index contributed by atoms with van der Waals surface area (Å²) in [7, 11) is 1.30. The molecular formula is C22H26N4O5. The highest BCUT2D eigenvalue weighted by Crippen LogP contribution is 2.29. The van der Waals surface area contributed by atoms with E-state index in [1.54, 1.807) is 19.1 Å². The number of amides is 1. The predicted molar refractivity (Wildman–Crippen MR) is 118 cm³/mol. The summed E-state index contributed by atoms with van der Waals surface area (Å²) in [5.41, 5.74) is 2.29. The lowest BCUT2D eigenvalue weighted by atomic mass is 10.1. The van der Waals surface area contributed by atoms with Crippen LogP contribution >= 0.6 is 0 Å². The van der Waals surface area contributed by atoms with E-state index in [1.807, 2.05) is 6.07 Å². The number of carbonyl (C=O) groups excluding carboxylic acids is 2. The summed E-state index contributed by atoms with van der Waals surface area (Å²) in [5.74, 6) is -0.905. The molecule has 31 heavy (non-hydrogen) atoms. The molecule has 3 rings (SSSR count). The fraction of sp³-hybridized carbons (Fsp3) is 0.364. The second-order valence-corrected chi connectivity index (χ2v) is 7.36. The summed E-state index contributed by atoms with van der Waals surface area (Å²) in [6, 6.07) is 9.31. The average Bonchev–Trinajstić information content (AvgIpc) is 2.78. The summed E-state index contributed by atoms with van der Waals surface area (Å²) < 4.78 is 4.81. The van der Waals surface area contributed by atoms with Gasteiger partial charge in [0.2, 0.25) is 0 Å². The van der Waals surface area contributed by atoms with Crippen LogP contribution in [0.25, 0.3) is 0 Å². The summed E-state index contributed by atoms with van der Waals surface area (Å²) >= 11 is 0. The number of esters is 1. The van der Waals surface area contributed by atoms with E-state index in [9.17, 15) is 19.7 Å². The highest BCUT2D eigenvalue weighted by Gasteiger charge is 2.21. The molecule has 2 aromatic carbocycles. The molecule has 9 heteroatoms. The Labute approximate surface area is 180 Å². The Morgan fingerprint density at radius 3 is 2.35 bits per heavy atom. The Balaban J connectivity index is 1.90. The molecule has 9 nitrogen and oxygen atoms in total. The number of nitro groups is 1. The third-order valence-electron chi connectivity index (χ3n) is 5.48. The molecule has 1 aliphatic heterocycles. The van der Waals surface area contributed by atoms with E-state index in [0.29, 0.717) is 22.4 Å². The topological polar surface area (TPSA) is 105 Å². The first-order valence-corrected chi connectivity index (χ1v) is 10.1. The van der Waals surface area contributed by atoms with Crippen LogP contribution in [-0.4, -0.2) is 61.5 Å². The highest BCUT2D eigenvalue weighted by molar-refractivity contribution is 6.07. The SMILES string of the molecule is CCN1CCN(c2ccc(C(=O)OC)cc2NC(=O)c2ccc([N+](=O)[O-])c(C)c2)CC1. The number of aryl methyl sites for hydroxylation is 1. The van der Waals surface area contributed by atoms with Crippen molar-refractivity contribution in [1.29, 1.82) is 0 Å². The number of nitrogens with one attached hydrogen (secondary N) is 1. The first-order valence-electron chi connectivity index (χ1n) is 10.1. The van der Waals surface area contributed by atoms with Gasteiger partial charge in [-0.2, -0.15) is 0 Å². The van der Waals surface area contributed by atoms with Crippen molar-refractivity contribution in [3.05, 3.63) is 63.2 Å². The third kappa shape index (κ3) is 5.00. The lowest BCUT2D eigenvalue weighted by molar-refractivity contribution is -0.385. The molecule has 1 heterocycles. The molecule has 0 unspecified atom stereocenters. The van der Waals surface area contributed by atoms with Crippen molar-refractivity contribution < 1.29 is 19.2 Å². The van der Waals surface area contributed by atoms with Crippen LogP contribution in [0.15, 0.2) is 36.4 Å². The minimum absolute atomic E-state index is 0.0428. The fourth-order valence-electron chi connectivity index (χ4n) is 3.66. The van der Waals surface area contributed by atoms with Crippen molar-refractivity contribution in [3.63, 3.8) is 0 Å². The smallest absolute Gasteiger partial charge is 0.337 e. The standard InChI is InChI=1S/C22H26N4O5/c1-4-24-9-11-25(12-10-24)20-8-6-17(22(28)31-3)14-18(20)23-21(27)16-5-7-19(26(29)30)15(2)13-16/h5-8,13-14H,4,9-12H2,1-3H3,(H,23,27). The molecule has 0 spiro atoms. The lowest BCUT2D eigenvalue weighted by Crippen LogP contribution is -2.46. The van der Waals surface area contributed by atoms with Crippen molar-refractivity contribution in [1.82, 2.24) is 4.90 Å². The summed E-state index contributed by atoms with van der Waals surface area (Å²) in [4.78, 5) is 40.0. The van der Waals surface area contributed by atoms with Gasteiger partial charge in [-0.3, -0.25) is 14.9 Å². The summed E-state index contributed by atoms with van der Waals surface area (Å²) in [5, 5.41) is 13.9. The zero-order valence-electron chi connectivity index (χ0n) is 17.9. The molecule has 2 aromatic rings. The van der Waals surface area contributed by atoms with Gasteiger partial charge in [-0.25, -0.2) is 4.79 Å². The molecule has 0 atom stereocenters. The number of rotatable bonds is 6. The van der Waals surface area contributed by atoms with Gasteiger partial charge >= 0.3 is 5.97 Å². The number of hydrogen-bond donors (Lipinski definition) is 1. The van der Waals surface area contributed by atoms with Gasteiger partial charge < -0.3 is 19.9 Å². The van der Waals surface area contributed by atoms with E-state index < -0.39 is 16.8 Å². The van der Waals surface area contributed by atoms with Crippen LogP contribution in [0.5, 0.6) is 0 Å². The van der Waals surface area contributed by atoms with Crippen LogP contribution in [0, 0.1) is 17.0 Å². The van der Waals surface area contributed by atoms with E-state index in [0.717, 1.165) is 38.4 Å². The number of benzene rings is 2. The van der Waals surface area contributed by atoms with Gasteiger partial charge in [0.15, 0.2) is 0 Å². The number of hydrogen-bond acceptors (Lipinski definition) is 7. The molecule has 1 amide bonds. The van der Waals surface area contributed by atoms with Crippen LogP contribution in [-0.2, 0) is 4.74 Å². The van der Waals surface area contributed by atoms with Crippen LogP contribution in [0.3, 0.4) is 0 Å². The van der Waals surface area contributed by atoms with Gasteiger partial charge in [-0.1, -0.05) is 6.92 Å². The average molecular weight is 426 g/mol. The normalized spacial score (nSPS) is 14.2. The van der Waals surface area contributed by atoms with Gasteiger partial charge in [-0.05, 0) is 43.8 Å². The van der Waals surface area contributed by atoms with Crippen molar-refractivity contribution in [2.24, 2.45) is 0 Å². The Hall–Kier alpha value is -3.46. The minimum atomic E-state index is -0.496. The number of carbonyl (C=O) groups is 2. The van der Waals surface area contributed by atoms with Gasteiger partial charge in [0.1, 0.15) is 0 Å². The van der Waals surface area contributed by atoms with Crippen LogP contribution in [0.4, 0.5) is 17.1 Å². The van der Waals surface area contributed by atoms with E-state index in [1.165, 1.54) is 25.3 Å². The van der Waals surface area contributed by atoms with Crippen molar-refractivity contribution in [3.8, 4) is 0 Å². The Kier molecular flexibility index (Phi) is 6.86. The monoisotopic (exact) mass is 426 g/mol. The largest absolute Gasteiger partial charge is 0.465 e. The molecule has 1 aliphatic rings. The van der Waals surface area contributed by atoms with E-state index in [4.69, 9.17) is 4.74 Å². The second kappa shape index (κ2) is 9.57. The predicted octanol–water partition coefficient (Wildman–Crippen LogP) is 3.08. The number of anilines is 2. The van der Waals surface area contributed by atoms with E-state index in [2.05, 4.69) is 22.0 Å². The Bertz CT molecular complexity index is 999. The zero-order valence-corrected chi connectivity index (χ0v) is 17.9. The van der Waals surface area contributed by atoms with Gasteiger partial charge in [0, 0.05) is 43.4 Å². The molecule has 0 radical (unpaired) electrons. The second-order valence-electron chi connectivity index (χ2n) is 7.36. The number of nitro benzene ring substituents is 1. The molecule has 0 aromatic heterocycles. The number of ether oxygens (including phenoxy) is 1. The van der Waals surface area contributed by atoms with E-state index >= 15 is 0 Å². The van der Waals surface area contributed by atoms with Crippen molar-refractivity contribution in [2.45, 2.75) is 13.8 Å². The molecule has 1 N–H and O–H groups in total. The van der Waals surface area contributed by atoms with Gasteiger partial charge in [0.05, 0.1) is 29.0 Å². The maximum absolute atomic E-state index is 12.9. The zero-order chi connectivity index (χ0) is 22.5. The molecule has 0 aliphatic carbocycles. The van der Waals surface area contributed by atoms with Crippen LogP contribution in [0.1, 0.15) is 33.2 Å². The summed E-state index contributed by atoms with van der Waals surface area (Å²) in [6.07, 6.45) is 0. The van der Waals surface area contributed by atoms with Gasteiger partial charge in [-0.15, -0.1) is 0 Å². The van der Waals surface area contributed by atoms with Crippen molar-refractivity contribution in [2.75, 3.05) is 50.1 Å². The first kappa shape index (κ1) is 22.2. The highest BCUT2D eigenvalue weighted by atomic mass is 16.6. The Morgan fingerprint density at radius 1 is 1.10 bits per heavy atom. The molecular weight excluding hydrogens is 400 g/mol. The summed E-state index contributed by atoms with van der Waals surface area (Å²) in [6.45, 7) is 8.10. The number of methoxy groups -OCH3 is 1. The quantitative estimate of drug-likeness (QED) is 0.430. The molecule has 1 fully saturated rings. The maximum atomic E-state index is 12.9. The molecule has 164 valence electrons. The third-order valence-corrected chi connectivity index (χ3v) is 5.48. The van der Waals surface area contributed by atoms with E-state index in [-0.39, 0.29) is 5.69 Å². The Morgan fingerprint density at radius 2 is 1.77 bits per heavy atom. The minimum Gasteiger partial charge on any atom is -0.465 e. The maximum Gasteiger partial charge on any atom is 0.337 e. The molecule has 1 saturated heterocycles. The lowest BCUT2D eigenvalue weighted by Gasteiger charge is -2.36. The van der Waals surface area contributed by atoms with Crippen LogP contribution < -0.4 is 10.2 Å². The van der Waals surface area contributed by atoms with Crippen LogP contribution in [0.2, 0.25) is 0 Å². The first-order chi connectivity index (χ1) is 14.8. The van der Waals surface area contributed by atoms with Crippen molar-refractivity contribution >= 4 is 28.9 Å².